The summed E-state index contributed by atoms with van der Waals surface area (Å²) in [6.45, 7) is 5.00. The normalized spacial score (nSPS) is 19.8. The molecular formula is C16H20N4O. The number of nitrogens with two attached hydrogens (primary N) is 1. The molecule has 0 amide bonds. The maximum Gasteiger partial charge on any atom is 0.127 e. The molecule has 1 fully saturated rings. The highest BCUT2D eigenvalue weighted by Crippen LogP contribution is 2.20. The second-order valence-electron chi connectivity index (χ2n) is 5.49. The monoisotopic (exact) mass is 284 g/mol. The van der Waals surface area contributed by atoms with Crippen LogP contribution in [-0.2, 0) is 11.3 Å². The minimum absolute atomic E-state index is 0.107. The van der Waals surface area contributed by atoms with Crippen LogP contribution in [0.5, 0.6) is 0 Å². The van der Waals surface area contributed by atoms with E-state index in [2.05, 4.69) is 22.0 Å². The number of fused-ring (bicyclic) bond motifs is 1. The molecule has 1 aliphatic heterocycles. The number of hydrogen-bond acceptors (Lipinski definition) is 4. The number of rotatable bonds is 3. The topological polar surface area (TPSA) is 75.2 Å². The third kappa shape index (κ3) is 3.04. The molecule has 1 saturated heterocycles. The molecule has 0 aliphatic carbocycles. The average molecular weight is 284 g/mol. The number of amidine groups is 1. The fraction of sp³-hybridized carbons (Fsp3) is 0.375. The van der Waals surface area contributed by atoms with Gasteiger partial charge in [0.05, 0.1) is 12.1 Å². The maximum absolute atomic E-state index is 7.54. The standard InChI is InChI=1S/C16H20N4O/c1-11-8-12(13-4-2-3-5-14(13)19-11)9-20-6-7-21-15(10-20)16(17)18/h2-5,8,15H,6-7,9-10H2,1H3,(H3,17,18). The molecule has 1 atom stereocenters. The first-order chi connectivity index (χ1) is 10.1. The molecule has 5 nitrogen and oxygen atoms in total. The van der Waals surface area contributed by atoms with E-state index in [9.17, 15) is 0 Å². The van der Waals surface area contributed by atoms with E-state index in [1.54, 1.807) is 0 Å². The lowest BCUT2D eigenvalue weighted by atomic mass is 10.1. The molecule has 3 N–H and O–H groups in total. The number of morpholine rings is 1. The lowest BCUT2D eigenvalue weighted by molar-refractivity contribution is 0.00250. The van der Waals surface area contributed by atoms with Gasteiger partial charge in [0.15, 0.2) is 0 Å². The highest BCUT2D eigenvalue weighted by molar-refractivity contribution is 5.83. The van der Waals surface area contributed by atoms with Crippen molar-refractivity contribution in [3.05, 3.63) is 41.6 Å². The molecule has 1 aromatic heterocycles. The average Bonchev–Trinajstić information content (AvgIpc) is 2.47. The summed E-state index contributed by atoms with van der Waals surface area (Å²) in [6.07, 6.45) is -0.284. The minimum atomic E-state index is -0.284. The van der Waals surface area contributed by atoms with E-state index in [0.29, 0.717) is 13.2 Å². The lowest BCUT2D eigenvalue weighted by Crippen LogP contribution is -2.47. The Bertz CT molecular complexity index is 670. The first-order valence-corrected chi connectivity index (χ1v) is 7.16. The van der Waals surface area contributed by atoms with Crippen molar-refractivity contribution in [2.24, 2.45) is 5.73 Å². The zero-order valence-corrected chi connectivity index (χ0v) is 12.2. The second kappa shape index (κ2) is 5.79. The molecular weight excluding hydrogens is 264 g/mol. The van der Waals surface area contributed by atoms with Gasteiger partial charge in [-0.1, -0.05) is 18.2 Å². The van der Waals surface area contributed by atoms with Gasteiger partial charge in [-0.15, -0.1) is 0 Å². The van der Waals surface area contributed by atoms with Gasteiger partial charge in [0, 0.05) is 30.7 Å². The fourth-order valence-corrected chi connectivity index (χ4v) is 2.80. The molecule has 0 saturated carbocycles. The number of para-hydroxylation sites is 1. The summed E-state index contributed by atoms with van der Waals surface area (Å²) in [5.41, 5.74) is 8.88. The molecule has 5 heteroatoms. The molecule has 1 aliphatic rings. The van der Waals surface area contributed by atoms with E-state index in [4.69, 9.17) is 15.9 Å². The van der Waals surface area contributed by atoms with Crippen LogP contribution in [0, 0.1) is 12.3 Å². The highest BCUT2D eigenvalue weighted by Gasteiger charge is 2.23. The maximum atomic E-state index is 7.54. The largest absolute Gasteiger partial charge is 0.385 e. The Labute approximate surface area is 124 Å². The Morgan fingerprint density at radius 3 is 3.10 bits per heavy atom. The third-order valence-electron chi connectivity index (χ3n) is 3.82. The van der Waals surface area contributed by atoms with Gasteiger partial charge in [0.1, 0.15) is 11.9 Å². The summed E-state index contributed by atoms with van der Waals surface area (Å²) in [4.78, 5) is 6.86. The minimum Gasteiger partial charge on any atom is -0.385 e. The Hall–Kier alpha value is -1.98. The summed E-state index contributed by atoms with van der Waals surface area (Å²) in [7, 11) is 0. The molecule has 2 heterocycles. The predicted octanol–water partition coefficient (Wildman–Crippen LogP) is 1.68. The van der Waals surface area contributed by atoms with Gasteiger partial charge in [-0.3, -0.25) is 15.3 Å². The van der Waals surface area contributed by atoms with Crippen LogP contribution in [-0.4, -0.2) is 41.5 Å². The van der Waals surface area contributed by atoms with Gasteiger partial charge in [-0.05, 0) is 24.6 Å². The summed E-state index contributed by atoms with van der Waals surface area (Å²) < 4.78 is 5.51. The van der Waals surface area contributed by atoms with Gasteiger partial charge in [-0.2, -0.15) is 0 Å². The van der Waals surface area contributed by atoms with Crippen molar-refractivity contribution in [2.75, 3.05) is 19.7 Å². The smallest absolute Gasteiger partial charge is 0.127 e. The number of aryl methyl sites for hydroxylation is 1. The fourth-order valence-electron chi connectivity index (χ4n) is 2.80. The zero-order chi connectivity index (χ0) is 14.8. The van der Waals surface area contributed by atoms with E-state index in [1.165, 1.54) is 10.9 Å². The van der Waals surface area contributed by atoms with Gasteiger partial charge in [0.25, 0.3) is 0 Å². The summed E-state index contributed by atoms with van der Waals surface area (Å²) in [5.74, 6) is 0.107. The molecule has 110 valence electrons. The van der Waals surface area contributed by atoms with Crippen LogP contribution < -0.4 is 5.73 Å². The SMILES string of the molecule is Cc1cc(CN2CCOC(C(=N)N)C2)c2ccccc2n1. The summed E-state index contributed by atoms with van der Waals surface area (Å²) in [5, 5.41) is 8.73. The summed E-state index contributed by atoms with van der Waals surface area (Å²) in [6, 6.07) is 10.4. The summed E-state index contributed by atoms with van der Waals surface area (Å²) >= 11 is 0. The van der Waals surface area contributed by atoms with E-state index in [0.717, 1.165) is 24.3 Å². The number of ether oxygens (including phenoxy) is 1. The van der Waals surface area contributed by atoms with E-state index >= 15 is 0 Å². The van der Waals surface area contributed by atoms with Crippen LogP contribution in [0.2, 0.25) is 0 Å². The molecule has 1 aromatic carbocycles. The van der Waals surface area contributed by atoms with Crippen LogP contribution in [0.3, 0.4) is 0 Å². The number of aromatic nitrogens is 1. The van der Waals surface area contributed by atoms with Crippen molar-refractivity contribution < 1.29 is 4.74 Å². The molecule has 1 unspecified atom stereocenters. The van der Waals surface area contributed by atoms with Crippen LogP contribution in [0.4, 0.5) is 0 Å². The molecule has 3 rings (SSSR count). The van der Waals surface area contributed by atoms with E-state index < -0.39 is 0 Å². The number of nitrogens with one attached hydrogen (secondary N) is 1. The van der Waals surface area contributed by atoms with E-state index in [1.807, 2.05) is 25.1 Å². The van der Waals surface area contributed by atoms with Crippen molar-refractivity contribution in [1.82, 2.24) is 9.88 Å². The molecule has 0 bridgehead atoms. The molecule has 2 aromatic rings. The van der Waals surface area contributed by atoms with Gasteiger partial charge >= 0.3 is 0 Å². The van der Waals surface area contributed by atoms with E-state index in [-0.39, 0.29) is 11.9 Å². The zero-order valence-electron chi connectivity index (χ0n) is 12.2. The third-order valence-corrected chi connectivity index (χ3v) is 3.82. The first kappa shape index (κ1) is 14.0. The first-order valence-electron chi connectivity index (χ1n) is 7.16. The molecule has 21 heavy (non-hydrogen) atoms. The van der Waals surface area contributed by atoms with Crippen LogP contribution in [0.1, 0.15) is 11.3 Å². The van der Waals surface area contributed by atoms with Crippen LogP contribution in [0.15, 0.2) is 30.3 Å². The number of hydrogen-bond donors (Lipinski definition) is 2. The highest BCUT2D eigenvalue weighted by atomic mass is 16.5. The number of nitrogens with zero attached hydrogens (tertiary/aromatic N) is 2. The lowest BCUT2D eigenvalue weighted by Gasteiger charge is -2.32. The molecule has 0 spiro atoms. The van der Waals surface area contributed by atoms with Crippen molar-refractivity contribution in [3.8, 4) is 0 Å². The van der Waals surface area contributed by atoms with Gasteiger partial charge < -0.3 is 10.5 Å². The predicted molar refractivity (Wildman–Crippen MR) is 83.4 cm³/mol. The van der Waals surface area contributed by atoms with Crippen LogP contribution >= 0.6 is 0 Å². The Kier molecular flexibility index (Phi) is 3.86. The van der Waals surface area contributed by atoms with Crippen molar-refractivity contribution in [1.29, 1.82) is 5.41 Å². The quantitative estimate of drug-likeness (QED) is 0.664. The Balaban J connectivity index is 1.86. The molecule has 0 radical (unpaired) electrons. The Morgan fingerprint density at radius 1 is 1.48 bits per heavy atom. The van der Waals surface area contributed by atoms with Crippen LogP contribution in [0.25, 0.3) is 10.9 Å². The second-order valence-corrected chi connectivity index (χ2v) is 5.49. The number of pyridine rings is 1. The Morgan fingerprint density at radius 2 is 2.29 bits per heavy atom. The van der Waals surface area contributed by atoms with Gasteiger partial charge in [0.2, 0.25) is 0 Å². The number of benzene rings is 1. The van der Waals surface area contributed by atoms with Crippen molar-refractivity contribution in [3.63, 3.8) is 0 Å². The van der Waals surface area contributed by atoms with Crippen molar-refractivity contribution in [2.45, 2.75) is 19.6 Å². The van der Waals surface area contributed by atoms with Crippen molar-refractivity contribution >= 4 is 16.7 Å². The van der Waals surface area contributed by atoms with Gasteiger partial charge in [-0.25, -0.2) is 0 Å².